The molecule has 11 heteroatoms. The second kappa shape index (κ2) is 11.3. The van der Waals surface area contributed by atoms with Gasteiger partial charge in [0.1, 0.15) is 6.61 Å². The Morgan fingerprint density at radius 3 is 2.55 bits per heavy atom. The van der Waals surface area contributed by atoms with E-state index in [2.05, 4.69) is 33.1 Å². The van der Waals surface area contributed by atoms with Crippen molar-refractivity contribution < 1.29 is 19.2 Å². The van der Waals surface area contributed by atoms with E-state index in [1.807, 2.05) is 6.07 Å². The molecular formula is C22H16Cl2IN3O5. The van der Waals surface area contributed by atoms with Crippen LogP contribution in [0.5, 0.6) is 11.5 Å². The number of hydrazone groups is 1. The minimum Gasteiger partial charge on any atom is -0.493 e. The fourth-order valence-corrected chi connectivity index (χ4v) is 3.95. The van der Waals surface area contributed by atoms with Crippen LogP contribution in [0.2, 0.25) is 10.0 Å². The van der Waals surface area contributed by atoms with Crippen molar-refractivity contribution in [2.24, 2.45) is 5.10 Å². The zero-order valence-electron chi connectivity index (χ0n) is 17.1. The molecule has 0 aliphatic carbocycles. The van der Waals surface area contributed by atoms with Gasteiger partial charge in [-0.05, 0) is 64.6 Å². The van der Waals surface area contributed by atoms with Crippen LogP contribution in [0, 0.1) is 13.7 Å². The number of nitro benzene ring substituents is 1. The first-order chi connectivity index (χ1) is 15.8. The molecule has 0 saturated carbocycles. The topological polar surface area (TPSA) is 103 Å². The summed E-state index contributed by atoms with van der Waals surface area (Å²) in [6.07, 6.45) is 1.45. The van der Waals surface area contributed by atoms with Crippen LogP contribution < -0.4 is 14.9 Å². The SMILES string of the molecule is COc1cc(C=NNC(=O)c2ccc([N+](=O)[O-])cc2)cc(I)c1OCc1ccc(Cl)cc1Cl. The molecule has 170 valence electrons. The average Bonchev–Trinajstić information content (AvgIpc) is 2.79. The summed E-state index contributed by atoms with van der Waals surface area (Å²) in [5.41, 5.74) is 3.97. The number of nitro groups is 1. The van der Waals surface area contributed by atoms with Crippen molar-refractivity contribution in [1.82, 2.24) is 5.43 Å². The average molecular weight is 600 g/mol. The van der Waals surface area contributed by atoms with Gasteiger partial charge in [0.05, 0.1) is 21.8 Å². The molecule has 0 aromatic heterocycles. The van der Waals surface area contributed by atoms with Crippen molar-refractivity contribution in [3.63, 3.8) is 0 Å². The van der Waals surface area contributed by atoms with Crippen molar-refractivity contribution in [2.75, 3.05) is 7.11 Å². The highest BCUT2D eigenvalue weighted by Crippen LogP contribution is 2.35. The molecule has 0 atom stereocenters. The Morgan fingerprint density at radius 2 is 1.91 bits per heavy atom. The molecule has 3 aromatic rings. The molecule has 0 bridgehead atoms. The maximum Gasteiger partial charge on any atom is 0.271 e. The number of hydrogen-bond acceptors (Lipinski definition) is 6. The van der Waals surface area contributed by atoms with Gasteiger partial charge in [-0.25, -0.2) is 5.43 Å². The minimum absolute atomic E-state index is 0.0997. The number of rotatable bonds is 8. The second-order valence-electron chi connectivity index (χ2n) is 6.56. The monoisotopic (exact) mass is 599 g/mol. The predicted octanol–water partition coefficient (Wildman–Crippen LogP) is 5.86. The van der Waals surface area contributed by atoms with E-state index in [0.29, 0.717) is 27.1 Å². The minimum atomic E-state index is -0.535. The Kier molecular flexibility index (Phi) is 8.48. The van der Waals surface area contributed by atoms with E-state index in [-0.39, 0.29) is 17.9 Å². The van der Waals surface area contributed by atoms with Gasteiger partial charge < -0.3 is 9.47 Å². The smallest absolute Gasteiger partial charge is 0.271 e. The van der Waals surface area contributed by atoms with Gasteiger partial charge in [-0.15, -0.1) is 0 Å². The first-order valence-electron chi connectivity index (χ1n) is 9.30. The number of ether oxygens (including phenoxy) is 2. The fraction of sp³-hybridized carbons (Fsp3) is 0.0909. The van der Waals surface area contributed by atoms with Crippen molar-refractivity contribution in [3.05, 3.63) is 95.0 Å². The zero-order valence-corrected chi connectivity index (χ0v) is 20.7. The predicted molar refractivity (Wildman–Crippen MR) is 135 cm³/mol. The van der Waals surface area contributed by atoms with Crippen LogP contribution in [0.15, 0.2) is 59.7 Å². The van der Waals surface area contributed by atoms with Crippen molar-refractivity contribution in [3.8, 4) is 11.5 Å². The maximum absolute atomic E-state index is 12.2. The number of hydrogen-bond donors (Lipinski definition) is 1. The third-order valence-corrected chi connectivity index (χ3v) is 5.75. The van der Waals surface area contributed by atoms with E-state index >= 15 is 0 Å². The fourth-order valence-electron chi connectivity index (χ4n) is 2.71. The Bertz CT molecular complexity index is 1220. The van der Waals surface area contributed by atoms with Crippen LogP contribution >= 0.6 is 45.8 Å². The van der Waals surface area contributed by atoms with Crippen molar-refractivity contribution in [2.45, 2.75) is 6.61 Å². The Labute approximate surface area is 212 Å². The summed E-state index contributed by atoms with van der Waals surface area (Å²) in [5.74, 6) is 0.522. The van der Waals surface area contributed by atoms with Gasteiger partial charge in [-0.1, -0.05) is 29.3 Å². The first kappa shape index (κ1) is 24.7. The summed E-state index contributed by atoms with van der Waals surface area (Å²) >= 11 is 14.2. The molecule has 3 rings (SSSR count). The van der Waals surface area contributed by atoms with E-state index in [1.54, 1.807) is 24.3 Å². The van der Waals surface area contributed by atoms with Gasteiger partial charge >= 0.3 is 0 Å². The number of carbonyl (C=O) groups is 1. The molecule has 0 radical (unpaired) electrons. The van der Waals surface area contributed by atoms with Crippen LogP contribution in [0.3, 0.4) is 0 Å². The number of nitrogens with zero attached hydrogens (tertiary/aromatic N) is 2. The van der Waals surface area contributed by atoms with E-state index in [9.17, 15) is 14.9 Å². The molecule has 1 amide bonds. The van der Waals surface area contributed by atoms with Crippen LogP contribution in [0.1, 0.15) is 21.5 Å². The summed E-state index contributed by atoms with van der Waals surface area (Å²) in [7, 11) is 1.52. The lowest BCUT2D eigenvalue weighted by atomic mass is 10.2. The van der Waals surface area contributed by atoms with Crippen LogP contribution in [0.4, 0.5) is 5.69 Å². The molecule has 0 saturated heterocycles. The largest absolute Gasteiger partial charge is 0.493 e. The lowest BCUT2D eigenvalue weighted by Gasteiger charge is -2.14. The molecule has 33 heavy (non-hydrogen) atoms. The third kappa shape index (κ3) is 6.56. The normalized spacial score (nSPS) is 10.8. The van der Waals surface area contributed by atoms with Crippen LogP contribution in [-0.4, -0.2) is 24.2 Å². The highest BCUT2D eigenvalue weighted by molar-refractivity contribution is 14.1. The van der Waals surface area contributed by atoms with Gasteiger partial charge in [0, 0.05) is 33.3 Å². The highest BCUT2D eigenvalue weighted by Gasteiger charge is 2.13. The number of amides is 1. The summed E-state index contributed by atoms with van der Waals surface area (Å²) in [5, 5.41) is 15.7. The Balaban J connectivity index is 1.68. The van der Waals surface area contributed by atoms with Crippen molar-refractivity contribution in [1.29, 1.82) is 0 Å². The van der Waals surface area contributed by atoms with Crippen LogP contribution in [0.25, 0.3) is 0 Å². The maximum atomic E-state index is 12.2. The molecule has 0 spiro atoms. The van der Waals surface area contributed by atoms with Crippen LogP contribution in [-0.2, 0) is 6.61 Å². The number of halogens is 3. The quantitative estimate of drug-likeness (QED) is 0.151. The Morgan fingerprint density at radius 1 is 1.18 bits per heavy atom. The number of benzene rings is 3. The lowest BCUT2D eigenvalue weighted by Crippen LogP contribution is -2.17. The molecule has 8 nitrogen and oxygen atoms in total. The second-order valence-corrected chi connectivity index (χ2v) is 8.57. The molecule has 0 heterocycles. The molecule has 0 unspecified atom stereocenters. The molecular weight excluding hydrogens is 584 g/mol. The van der Waals surface area contributed by atoms with Gasteiger partial charge in [0.25, 0.3) is 11.6 Å². The van der Waals surface area contributed by atoms with Gasteiger partial charge in [0.2, 0.25) is 0 Å². The van der Waals surface area contributed by atoms with E-state index in [4.69, 9.17) is 32.7 Å². The van der Waals surface area contributed by atoms with E-state index in [1.165, 1.54) is 37.6 Å². The molecule has 1 N–H and O–H groups in total. The van der Waals surface area contributed by atoms with Gasteiger partial charge in [0.15, 0.2) is 11.5 Å². The number of non-ortho nitro benzene ring substituents is 1. The molecule has 0 aliphatic heterocycles. The zero-order chi connectivity index (χ0) is 24.0. The third-order valence-electron chi connectivity index (χ3n) is 4.36. The van der Waals surface area contributed by atoms with E-state index in [0.717, 1.165) is 9.13 Å². The summed E-state index contributed by atoms with van der Waals surface area (Å²) < 4.78 is 12.1. The van der Waals surface area contributed by atoms with E-state index < -0.39 is 10.8 Å². The molecule has 3 aromatic carbocycles. The lowest BCUT2D eigenvalue weighted by molar-refractivity contribution is -0.384. The number of nitrogens with one attached hydrogen (secondary N) is 1. The highest BCUT2D eigenvalue weighted by atomic mass is 127. The first-order valence-corrected chi connectivity index (χ1v) is 11.1. The summed E-state index contributed by atoms with van der Waals surface area (Å²) in [6.45, 7) is 0.223. The standard InChI is InChI=1S/C22H16Cl2IN3O5/c1-32-20-9-13(11-26-27-22(29)14-3-6-17(7-4-14)28(30)31)8-19(25)21(20)33-12-15-2-5-16(23)10-18(15)24/h2-11H,12H2,1H3,(H,27,29). The van der Waals surface area contributed by atoms with Crippen molar-refractivity contribution >= 4 is 63.6 Å². The number of methoxy groups -OCH3 is 1. The molecule has 0 fully saturated rings. The number of carbonyl (C=O) groups excluding carboxylic acids is 1. The summed E-state index contributed by atoms with van der Waals surface area (Å²) in [6, 6.07) is 13.9. The Hall–Kier alpha value is -2.89. The summed E-state index contributed by atoms with van der Waals surface area (Å²) in [4.78, 5) is 22.3. The van der Waals surface area contributed by atoms with Gasteiger partial charge in [-0.2, -0.15) is 5.10 Å². The molecule has 0 aliphatic rings. The van der Waals surface area contributed by atoms with Gasteiger partial charge in [-0.3, -0.25) is 14.9 Å².